The molecule has 1 aromatic carbocycles. The van der Waals surface area contributed by atoms with E-state index in [1.54, 1.807) is 24.3 Å². The van der Waals surface area contributed by atoms with E-state index >= 15 is 0 Å². The molecule has 0 saturated carbocycles. The molecule has 0 unspecified atom stereocenters. The first-order valence-electron chi connectivity index (χ1n) is 9.50. The molecule has 1 amide bonds. The van der Waals surface area contributed by atoms with Gasteiger partial charge < -0.3 is 45.2 Å². The number of carbonyl (C=O) groups is 1. The number of hydrogen-bond acceptors (Lipinski definition) is 8. The summed E-state index contributed by atoms with van der Waals surface area (Å²) in [5.74, 6) is 0.131. The first-order valence-corrected chi connectivity index (χ1v) is 11.3. The summed E-state index contributed by atoms with van der Waals surface area (Å²) in [5.41, 5.74) is 0.654. The van der Waals surface area contributed by atoms with E-state index in [0.717, 1.165) is 0 Å². The monoisotopic (exact) mass is 448 g/mol. The Morgan fingerprint density at radius 3 is 2.33 bits per heavy atom. The van der Waals surface area contributed by atoms with E-state index in [1.807, 2.05) is 13.8 Å². The van der Waals surface area contributed by atoms with Crippen LogP contribution in [0, 0.1) is 0 Å². The van der Waals surface area contributed by atoms with Crippen LogP contribution in [0.1, 0.15) is 20.3 Å². The van der Waals surface area contributed by atoms with Crippen LogP contribution in [0.25, 0.3) is 0 Å². The molecule has 0 aliphatic carbocycles. The third-order valence-corrected chi connectivity index (χ3v) is 5.22. The summed E-state index contributed by atoms with van der Waals surface area (Å²) in [7, 11) is -4.32. The first-order chi connectivity index (χ1) is 14.0. The lowest BCUT2D eigenvalue weighted by Gasteiger charge is -2.40. The van der Waals surface area contributed by atoms with Gasteiger partial charge in [0.15, 0.2) is 0 Å². The molecule has 30 heavy (non-hydrogen) atoms. The summed E-state index contributed by atoms with van der Waals surface area (Å²) in [4.78, 5) is 29.7. The Labute approximate surface area is 174 Å². The second-order valence-electron chi connectivity index (χ2n) is 7.41. The molecular formula is C18H29N2O9P. The number of carbonyl (C=O) groups excluding carboxylic acids is 1. The largest absolute Gasteiger partial charge is 0.462 e. The second-order valence-corrected chi connectivity index (χ2v) is 9.19. The topological polar surface area (TPSA) is 178 Å². The lowest BCUT2D eigenvalue weighted by Crippen LogP contribution is -2.59. The van der Waals surface area contributed by atoms with Crippen molar-refractivity contribution in [1.82, 2.24) is 5.32 Å². The number of rotatable bonds is 9. The lowest BCUT2D eigenvalue weighted by atomic mass is 9.97. The summed E-state index contributed by atoms with van der Waals surface area (Å²) in [5, 5.41) is 35.8. The van der Waals surface area contributed by atoms with Gasteiger partial charge in [-0.25, -0.2) is 0 Å². The van der Waals surface area contributed by atoms with Gasteiger partial charge in [-0.1, -0.05) is 0 Å². The molecule has 5 atom stereocenters. The molecule has 2 rings (SSSR count). The molecule has 0 radical (unpaired) electrons. The summed E-state index contributed by atoms with van der Waals surface area (Å²) < 4.78 is 22.0. The Kier molecular flexibility index (Phi) is 8.62. The number of anilines is 1. The summed E-state index contributed by atoms with van der Waals surface area (Å²) in [6.45, 7) is 3.81. The quantitative estimate of drug-likeness (QED) is 0.241. The minimum atomic E-state index is -4.32. The minimum absolute atomic E-state index is 0.0383. The van der Waals surface area contributed by atoms with Crippen molar-refractivity contribution in [3.05, 3.63) is 24.3 Å². The molecule has 0 bridgehead atoms. The number of aliphatic hydroxyl groups is 3. The number of nitrogens with one attached hydrogen (secondary N) is 2. The minimum Gasteiger partial charge on any atom is -0.462 e. The highest BCUT2D eigenvalue weighted by Gasteiger charge is 2.45. The van der Waals surface area contributed by atoms with Gasteiger partial charge in [-0.15, -0.1) is 0 Å². The number of benzene rings is 1. The van der Waals surface area contributed by atoms with Crippen LogP contribution in [0.3, 0.4) is 0 Å². The molecular weight excluding hydrogens is 419 g/mol. The van der Waals surface area contributed by atoms with Crippen LogP contribution < -0.4 is 15.4 Å². The second kappa shape index (κ2) is 10.5. The molecule has 1 aliphatic rings. The Balaban J connectivity index is 1.95. The van der Waals surface area contributed by atoms with Gasteiger partial charge in [0, 0.05) is 11.7 Å². The van der Waals surface area contributed by atoms with Crippen LogP contribution in [-0.4, -0.2) is 80.5 Å². The van der Waals surface area contributed by atoms with Crippen molar-refractivity contribution in [2.75, 3.05) is 18.0 Å². The fourth-order valence-electron chi connectivity index (χ4n) is 2.89. The highest BCUT2D eigenvalue weighted by atomic mass is 31.2. The maximum Gasteiger partial charge on any atom is 0.325 e. The Morgan fingerprint density at radius 2 is 1.77 bits per heavy atom. The normalized spacial score (nSPS) is 27.0. The molecule has 0 aromatic heterocycles. The molecule has 11 nitrogen and oxygen atoms in total. The van der Waals surface area contributed by atoms with E-state index in [2.05, 4.69) is 10.6 Å². The van der Waals surface area contributed by atoms with Gasteiger partial charge in [0.1, 0.15) is 24.1 Å². The average Bonchev–Trinajstić information content (AvgIpc) is 2.65. The molecule has 1 heterocycles. The van der Waals surface area contributed by atoms with Gasteiger partial charge in [0.2, 0.25) is 12.2 Å². The van der Waals surface area contributed by atoms with E-state index in [-0.39, 0.29) is 30.7 Å². The van der Waals surface area contributed by atoms with Gasteiger partial charge >= 0.3 is 7.60 Å². The van der Waals surface area contributed by atoms with Crippen LogP contribution in [0.2, 0.25) is 0 Å². The van der Waals surface area contributed by atoms with E-state index in [1.165, 1.54) is 0 Å². The number of amides is 1. The van der Waals surface area contributed by atoms with E-state index in [0.29, 0.717) is 5.69 Å². The maximum atomic E-state index is 11.7. The molecule has 0 spiro atoms. The third-order valence-electron chi connectivity index (χ3n) is 4.38. The van der Waals surface area contributed by atoms with Crippen LogP contribution in [-0.2, 0) is 14.1 Å². The highest BCUT2D eigenvalue weighted by molar-refractivity contribution is 7.51. The van der Waals surface area contributed by atoms with Crippen molar-refractivity contribution < 1.29 is 43.9 Å². The standard InChI is InChI=1S/C18H29N2O9P/c1-10(2)20-14(21)9-19-11-3-5-12(6-4-11)28-18-17(24)16(23)15(22)13(29-18)7-8-30(25,26)27/h3-6,10,13,15-19,22-24H,7-9H2,1-2H3,(H,20,21)(H2,25,26,27)/t13-,15-,16+,17+,18+/m1/s1. The summed E-state index contributed by atoms with van der Waals surface area (Å²) in [6, 6.07) is 6.44. The predicted octanol–water partition coefficient (Wildman–Crippen LogP) is -0.623. The highest BCUT2D eigenvalue weighted by Crippen LogP contribution is 2.37. The van der Waals surface area contributed by atoms with Crippen LogP contribution >= 0.6 is 7.60 Å². The van der Waals surface area contributed by atoms with E-state index in [4.69, 9.17) is 19.3 Å². The van der Waals surface area contributed by atoms with Crippen molar-refractivity contribution >= 4 is 19.2 Å². The zero-order valence-electron chi connectivity index (χ0n) is 16.7. The third kappa shape index (κ3) is 7.51. The van der Waals surface area contributed by atoms with Crippen molar-refractivity contribution in [2.24, 2.45) is 0 Å². The molecule has 1 aromatic rings. The zero-order valence-corrected chi connectivity index (χ0v) is 17.6. The number of aliphatic hydroxyl groups excluding tert-OH is 3. The predicted molar refractivity (Wildman–Crippen MR) is 107 cm³/mol. The van der Waals surface area contributed by atoms with Crippen LogP contribution in [0.5, 0.6) is 5.75 Å². The molecule has 7 N–H and O–H groups in total. The smallest absolute Gasteiger partial charge is 0.325 e. The Bertz CT molecular complexity index is 740. The molecule has 1 fully saturated rings. The number of ether oxygens (including phenoxy) is 2. The van der Waals surface area contributed by atoms with E-state index in [9.17, 15) is 24.7 Å². The van der Waals surface area contributed by atoms with Gasteiger partial charge in [0.05, 0.1) is 18.8 Å². The van der Waals surface area contributed by atoms with E-state index < -0.39 is 44.5 Å². The molecule has 170 valence electrons. The van der Waals surface area contributed by atoms with Crippen molar-refractivity contribution in [2.45, 2.75) is 57.0 Å². The molecule has 1 saturated heterocycles. The van der Waals surface area contributed by atoms with Gasteiger partial charge in [0.25, 0.3) is 0 Å². The van der Waals surface area contributed by atoms with Gasteiger partial charge in [-0.3, -0.25) is 9.36 Å². The number of hydrogen-bond donors (Lipinski definition) is 7. The van der Waals surface area contributed by atoms with Crippen LogP contribution in [0.4, 0.5) is 5.69 Å². The van der Waals surface area contributed by atoms with Crippen molar-refractivity contribution in [3.8, 4) is 5.75 Å². The zero-order chi connectivity index (χ0) is 22.5. The van der Waals surface area contributed by atoms with Crippen molar-refractivity contribution in [3.63, 3.8) is 0 Å². The van der Waals surface area contributed by atoms with Crippen molar-refractivity contribution in [1.29, 1.82) is 0 Å². The van der Waals surface area contributed by atoms with Gasteiger partial charge in [-0.2, -0.15) is 0 Å². The molecule has 1 aliphatic heterocycles. The first kappa shape index (κ1) is 24.5. The Hall–Kier alpha value is -1.72. The van der Waals surface area contributed by atoms with Crippen LogP contribution in [0.15, 0.2) is 24.3 Å². The summed E-state index contributed by atoms with van der Waals surface area (Å²) >= 11 is 0. The fraction of sp³-hybridized carbons (Fsp3) is 0.611. The summed E-state index contributed by atoms with van der Waals surface area (Å²) in [6.07, 6.45) is -7.93. The molecule has 12 heteroatoms. The average molecular weight is 448 g/mol. The fourth-order valence-corrected chi connectivity index (χ4v) is 3.48. The SMILES string of the molecule is CC(C)NC(=O)CNc1ccc(O[C@H]2O[C@H](CCP(=O)(O)O)[C@@H](O)[C@H](O)[C@@H]2O)cc1. The Morgan fingerprint density at radius 1 is 1.13 bits per heavy atom. The maximum absolute atomic E-state index is 11.7. The lowest BCUT2D eigenvalue weighted by molar-refractivity contribution is -0.272. The van der Waals surface area contributed by atoms with Gasteiger partial charge in [-0.05, 0) is 44.5 Å².